The van der Waals surface area contributed by atoms with E-state index in [-0.39, 0.29) is 0 Å². The van der Waals surface area contributed by atoms with Gasteiger partial charge >= 0.3 is 0 Å². The van der Waals surface area contributed by atoms with E-state index in [2.05, 4.69) is 4.98 Å². The van der Waals surface area contributed by atoms with Crippen LogP contribution in [0.25, 0.3) is 22.2 Å². The first-order chi connectivity index (χ1) is 11.7. The molecule has 0 aliphatic heterocycles. The maximum Gasteiger partial charge on any atom is 0.128 e. The average Bonchev–Trinajstić information content (AvgIpc) is 2.97. The molecule has 0 bridgehead atoms. The van der Waals surface area contributed by atoms with Gasteiger partial charge in [-0.2, -0.15) is 0 Å². The predicted molar refractivity (Wildman–Crippen MR) is 102 cm³/mol. The highest BCUT2D eigenvalue weighted by Gasteiger charge is 2.18. The summed E-state index contributed by atoms with van der Waals surface area (Å²) in [6.07, 6.45) is 2.92. The van der Waals surface area contributed by atoms with Crippen molar-refractivity contribution in [2.75, 3.05) is 13.7 Å². The van der Waals surface area contributed by atoms with Crippen molar-refractivity contribution >= 4 is 34.1 Å². The summed E-state index contributed by atoms with van der Waals surface area (Å²) in [6.45, 7) is 0.693. The number of halogens is 2. The van der Waals surface area contributed by atoms with E-state index in [1.54, 1.807) is 7.11 Å². The topological polar surface area (TPSA) is 51.0 Å². The summed E-state index contributed by atoms with van der Waals surface area (Å²) in [6, 6.07) is 11.8. The van der Waals surface area contributed by atoms with Crippen LogP contribution in [0.3, 0.4) is 0 Å². The first-order valence-electron chi connectivity index (χ1n) is 7.99. The van der Waals surface area contributed by atoms with Crippen molar-refractivity contribution in [3.8, 4) is 17.0 Å². The van der Waals surface area contributed by atoms with Gasteiger partial charge in [-0.15, -0.1) is 0 Å². The summed E-state index contributed by atoms with van der Waals surface area (Å²) < 4.78 is 5.53. The van der Waals surface area contributed by atoms with Crippen LogP contribution in [-0.2, 0) is 6.42 Å². The van der Waals surface area contributed by atoms with Crippen molar-refractivity contribution in [2.24, 2.45) is 5.73 Å². The Morgan fingerprint density at radius 2 is 1.88 bits per heavy atom. The normalized spacial score (nSPS) is 11.2. The number of methoxy groups -OCH3 is 1. The summed E-state index contributed by atoms with van der Waals surface area (Å²) in [5, 5.41) is 2.20. The molecule has 1 aromatic heterocycles. The molecular formula is C19H20Cl2N2O. The van der Waals surface area contributed by atoms with Gasteiger partial charge in [0, 0.05) is 10.9 Å². The van der Waals surface area contributed by atoms with E-state index < -0.39 is 0 Å². The number of unbranched alkanes of at least 4 members (excludes halogenated alkanes) is 1. The van der Waals surface area contributed by atoms with Crippen molar-refractivity contribution in [1.29, 1.82) is 0 Å². The fourth-order valence-electron chi connectivity index (χ4n) is 3.05. The predicted octanol–water partition coefficient (Wildman–Crippen LogP) is 5.43. The molecule has 3 aromatic rings. The molecule has 24 heavy (non-hydrogen) atoms. The van der Waals surface area contributed by atoms with Gasteiger partial charge in [-0.3, -0.25) is 0 Å². The molecule has 0 fully saturated rings. The number of aromatic amines is 1. The lowest BCUT2D eigenvalue weighted by molar-refractivity contribution is 0.416. The second-order valence-corrected chi connectivity index (χ2v) is 6.49. The van der Waals surface area contributed by atoms with Crippen LogP contribution in [0.15, 0.2) is 36.4 Å². The maximum absolute atomic E-state index is 6.42. The molecule has 5 heteroatoms. The molecule has 3 nitrogen and oxygen atoms in total. The molecule has 2 aromatic carbocycles. The van der Waals surface area contributed by atoms with Crippen molar-refractivity contribution in [3.63, 3.8) is 0 Å². The van der Waals surface area contributed by atoms with E-state index in [4.69, 9.17) is 33.7 Å². The first kappa shape index (κ1) is 17.2. The number of hydrogen-bond donors (Lipinski definition) is 2. The summed E-state index contributed by atoms with van der Waals surface area (Å²) in [5.41, 5.74) is 9.80. The quantitative estimate of drug-likeness (QED) is 0.574. The van der Waals surface area contributed by atoms with Crippen LogP contribution in [0.4, 0.5) is 0 Å². The third kappa shape index (κ3) is 3.12. The Bertz CT molecular complexity index is 858. The lowest BCUT2D eigenvalue weighted by atomic mass is 10.00. The van der Waals surface area contributed by atoms with Crippen LogP contribution in [0.5, 0.6) is 5.75 Å². The number of hydrogen-bond acceptors (Lipinski definition) is 2. The van der Waals surface area contributed by atoms with Gasteiger partial charge in [-0.25, -0.2) is 0 Å². The van der Waals surface area contributed by atoms with Crippen LogP contribution in [0.1, 0.15) is 18.4 Å². The molecule has 0 radical (unpaired) electrons. The number of aromatic nitrogens is 1. The minimum atomic E-state index is 0.547. The monoisotopic (exact) mass is 362 g/mol. The zero-order valence-electron chi connectivity index (χ0n) is 13.5. The number of aryl methyl sites for hydroxylation is 1. The van der Waals surface area contributed by atoms with Crippen molar-refractivity contribution in [1.82, 2.24) is 4.98 Å². The number of benzene rings is 2. The van der Waals surface area contributed by atoms with E-state index in [1.165, 1.54) is 5.56 Å². The van der Waals surface area contributed by atoms with Gasteiger partial charge in [0.25, 0.3) is 0 Å². The molecule has 3 rings (SSSR count). The third-order valence-corrected chi connectivity index (χ3v) is 5.03. The van der Waals surface area contributed by atoms with E-state index in [9.17, 15) is 0 Å². The fourth-order valence-corrected chi connectivity index (χ4v) is 3.42. The van der Waals surface area contributed by atoms with E-state index in [0.29, 0.717) is 16.6 Å². The molecule has 0 unspecified atom stereocenters. The Kier molecular flexibility index (Phi) is 5.34. The Labute approximate surface area is 151 Å². The van der Waals surface area contributed by atoms with E-state index in [0.717, 1.165) is 47.2 Å². The van der Waals surface area contributed by atoms with Gasteiger partial charge in [0.1, 0.15) is 5.75 Å². The fraction of sp³-hybridized carbons (Fsp3) is 0.263. The number of nitrogens with one attached hydrogen (secondary N) is 1. The summed E-state index contributed by atoms with van der Waals surface area (Å²) >= 11 is 12.6. The number of para-hydroxylation sites is 1. The summed E-state index contributed by atoms with van der Waals surface area (Å²) in [7, 11) is 1.68. The van der Waals surface area contributed by atoms with Gasteiger partial charge in [0.15, 0.2) is 0 Å². The molecule has 3 N–H and O–H groups in total. The Morgan fingerprint density at radius 3 is 2.62 bits per heavy atom. The third-order valence-electron chi connectivity index (χ3n) is 4.23. The van der Waals surface area contributed by atoms with Gasteiger partial charge in [0.05, 0.1) is 28.4 Å². The number of nitrogens with two attached hydrogens (primary N) is 1. The molecular weight excluding hydrogens is 343 g/mol. The minimum absolute atomic E-state index is 0.547. The largest absolute Gasteiger partial charge is 0.496 e. The Morgan fingerprint density at radius 1 is 1.08 bits per heavy atom. The van der Waals surface area contributed by atoms with Crippen LogP contribution in [0.2, 0.25) is 10.0 Å². The molecule has 0 saturated heterocycles. The average molecular weight is 363 g/mol. The molecule has 0 aliphatic carbocycles. The minimum Gasteiger partial charge on any atom is -0.496 e. The molecule has 0 spiro atoms. The maximum atomic E-state index is 6.42. The molecule has 0 aliphatic rings. The highest BCUT2D eigenvalue weighted by Crippen LogP contribution is 2.40. The molecule has 0 amide bonds. The van der Waals surface area contributed by atoms with Crippen molar-refractivity contribution in [2.45, 2.75) is 19.3 Å². The van der Waals surface area contributed by atoms with E-state index >= 15 is 0 Å². The second kappa shape index (κ2) is 7.47. The Hall–Kier alpha value is -1.68. The van der Waals surface area contributed by atoms with Gasteiger partial charge in [0.2, 0.25) is 0 Å². The molecule has 0 saturated carbocycles. The van der Waals surface area contributed by atoms with Gasteiger partial charge in [-0.1, -0.05) is 41.4 Å². The van der Waals surface area contributed by atoms with Crippen molar-refractivity contribution < 1.29 is 4.74 Å². The zero-order chi connectivity index (χ0) is 17.1. The first-order valence-corrected chi connectivity index (χ1v) is 8.75. The van der Waals surface area contributed by atoms with Crippen LogP contribution < -0.4 is 10.5 Å². The number of rotatable bonds is 6. The van der Waals surface area contributed by atoms with Crippen LogP contribution >= 0.6 is 23.2 Å². The number of ether oxygens (including phenoxy) is 1. The smallest absolute Gasteiger partial charge is 0.128 e. The molecule has 0 atom stereocenters. The van der Waals surface area contributed by atoms with Crippen LogP contribution in [-0.4, -0.2) is 18.6 Å². The SMILES string of the molecule is COc1ccccc1-c1[nH]c2c(Cl)c(Cl)ccc2c1CCCCN. The lowest BCUT2D eigenvalue weighted by Crippen LogP contribution is -1.99. The highest BCUT2D eigenvalue weighted by molar-refractivity contribution is 6.45. The lowest BCUT2D eigenvalue weighted by Gasteiger charge is -2.09. The number of fused-ring (bicyclic) bond motifs is 1. The zero-order valence-corrected chi connectivity index (χ0v) is 15.0. The summed E-state index contributed by atoms with van der Waals surface area (Å²) in [4.78, 5) is 3.46. The van der Waals surface area contributed by atoms with Crippen molar-refractivity contribution in [3.05, 3.63) is 52.0 Å². The highest BCUT2D eigenvalue weighted by atomic mass is 35.5. The molecule has 1 heterocycles. The molecule has 126 valence electrons. The summed E-state index contributed by atoms with van der Waals surface area (Å²) in [5.74, 6) is 0.825. The van der Waals surface area contributed by atoms with Crippen LogP contribution in [0, 0.1) is 0 Å². The van der Waals surface area contributed by atoms with Gasteiger partial charge < -0.3 is 15.5 Å². The Balaban J connectivity index is 2.21. The van der Waals surface area contributed by atoms with Gasteiger partial charge in [-0.05, 0) is 49.6 Å². The standard InChI is InChI=1S/C19H20Cl2N2O/c1-24-16-8-3-2-7-14(16)18-12(6-4-5-11-22)13-9-10-15(20)17(21)19(13)23-18/h2-3,7-10,23H,4-6,11,22H2,1H3. The number of H-pyrrole nitrogens is 1. The second-order valence-electron chi connectivity index (χ2n) is 5.71. The van der Waals surface area contributed by atoms with E-state index in [1.807, 2.05) is 36.4 Å².